The van der Waals surface area contributed by atoms with E-state index in [1.54, 1.807) is 0 Å². The van der Waals surface area contributed by atoms with Crippen molar-refractivity contribution in [2.45, 2.75) is 25.2 Å². The largest absolute Gasteiger partial charge is 0.347 e. The highest BCUT2D eigenvalue weighted by atomic mass is 16.5. The number of amides is 1. The molecule has 1 saturated heterocycles. The van der Waals surface area contributed by atoms with E-state index in [2.05, 4.69) is 17.1 Å². The fourth-order valence-electron chi connectivity index (χ4n) is 3.61. The standard InChI is InChI=1S/C20H22N4O2/c1-20(19-21-17(22-26-19)15-8-4-3-5-9-15)11-7-13-24(14-20)18(25)16-10-6-12-23(16)2/h3-6,8-10,12H,7,11,13-14H2,1-2H3. The first-order valence-corrected chi connectivity index (χ1v) is 8.87. The first kappa shape index (κ1) is 16.6. The van der Waals surface area contributed by atoms with Crippen LogP contribution in [0.5, 0.6) is 0 Å². The van der Waals surface area contributed by atoms with E-state index >= 15 is 0 Å². The maximum atomic E-state index is 12.9. The molecule has 1 atom stereocenters. The smallest absolute Gasteiger partial charge is 0.270 e. The van der Waals surface area contributed by atoms with E-state index in [9.17, 15) is 4.79 Å². The predicted molar refractivity (Wildman–Crippen MR) is 97.6 cm³/mol. The summed E-state index contributed by atoms with van der Waals surface area (Å²) in [5.74, 6) is 1.24. The van der Waals surface area contributed by atoms with Gasteiger partial charge in [-0.25, -0.2) is 0 Å². The fourth-order valence-corrected chi connectivity index (χ4v) is 3.61. The lowest BCUT2D eigenvalue weighted by atomic mass is 9.81. The number of benzene rings is 1. The van der Waals surface area contributed by atoms with Gasteiger partial charge in [0.1, 0.15) is 5.69 Å². The number of likely N-dealkylation sites (tertiary alicyclic amines) is 1. The van der Waals surface area contributed by atoms with E-state index < -0.39 is 0 Å². The highest BCUT2D eigenvalue weighted by Crippen LogP contribution is 2.34. The van der Waals surface area contributed by atoms with Crippen molar-refractivity contribution in [3.8, 4) is 11.4 Å². The van der Waals surface area contributed by atoms with Gasteiger partial charge < -0.3 is 14.0 Å². The summed E-state index contributed by atoms with van der Waals surface area (Å²) in [4.78, 5) is 19.4. The maximum Gasteiger partial charge on any atom is 0.270 e. The molecule has 1 amide bonds. The zero-order valence-electron chi connectivity index (χ0n) is 15.1. The number of rotatable bonds is 3. The number of carbonyl (C=O) groups excluding carboxylic acids is 1. The molecule has 1 aromatic carbocycles. The molecule has 4 rings (SSSR count). The highest BCUT2D eigenvalue weighted by Gasteiger charge is 2.39. The first-order chi connectivity index (χ1) is 12.6. The van der Waals surface area contributed by atoms with Gasteiger partial charge in [-0.2, -0.15) is 4.98 Å². The Balaban J connectivity index is 1.57. The van der Waals surface area contributed by atoms with Crippen molar-refractivity contribution in [2.75, 3.05) is 13.1 Å². The van der Waals surface area contributed by atoms with E-state index in [1.807, 2.05) is 65.2 Å². The third-order valence-corrected chi connectivity index (χ3v) is 5.12. The Kier molecular flexibility index (Phi) is 4.11. The lowest BCUT2D eigenvalue weighted by Crippen LogP contribution is -2.47. The average Bonchev–Trinajstić information content (AvgIpc) is 3.31. The average molecular weight is 350 g/mol. The Hall–Kier alpha value is -2.89. The van der Waals surface area contributed by atoms with Gasteiger partial charge in [-0.15, -0.1) is 0 Å². The maximum absolute atomic E-state index is 12.9. The Morgan fingerprint density at radius 3 is 2.73 bits per heavy atom. The molecule has 0 saturated carbocycles. The zero-order chi connectivity index (χ0) is 18.1. The number of carbonyl (C=O) groups is 1. The monoisotopic (exact) mass is 350 g/mol. The van der Waals surface area contributed by atoms with Crippen LogP contribution in [0.4, 0.5) is 0 Å². The van der Waals surface area contributed by atoms with Crippen LogP contribution < -0.4 is 0 Å². The van der Waals surface area contributed by atoms with Crippen molar-refractivity contribution in [3.05, 3.63) is 60.2 Å². The molecule has 1 unspecified atom stereocenters. The van der Waals surface area contributed by atoms with Crippen LogP contribution in [0.15, 0.2) is 53.2 Å². The molecule has 1 aliphatic heterocycles. The molecule has 26 heavy (non-hydrogen) atoms. The Morgan fingerprint density at radius 2 is 2.00 bits per heavy atom. The summed E-state index contributed by atoms with van der Waals surface area (Å²) in [6.45, 7) is 3.42. The van der Waals surface area contributed by atoms with Crippen molar-refractivity contribution < 1.29 is 9.32 Å². The molecule has 0 radical (unpaired) electrons. The van der Waals surface area contributed by atoms with Gasteiger partial charge in [0.25, 0.3) is 5.91 Å². The molecule has 1 aliphatic rings. The first-order valence-electron chi connectivity index (χ1n) is 8.87. The van der Waals surface area contributed by atoms with Crippen molar-refractivity contribution in [2.24, 2.45) is 7.05 Å². The van der Waals surface area contributed by atoms with Gasteiger partial charge in [-0.1, -0.05) is 35.5 Å². The molecule has 0 N–H and O–H groups in total. The number of aromatic nitrogens is 3. The fraction of sp³-hybridized carbons (Fsp3) is 0.350. The summed E-state index contributed by atoms with van der Waals surface area (Å²) in [5.41, 5.74) is 1.29. The van der Waals surface area contributed by atoms with Crippen molar-refractivity contribution in [1.82, 2.24) is 19.6 Å². The van der Waals surface area contributed by atoms with Gasteiger partial charge >= 0.3 is 0 Å². The third kappa shape index (κ3) is 2.92. The predicted octanol–water partition coefficient (Wildman–Crippen LogP) is 3.27. The number of hydrogen-bond donors (Lipinski definition) is 0. The number of hydrogen-bond acceptors (Lipinski definition) is 4. The second kappa shape index (κ2) is 6.44. The van der Waals surface area contributed by atoms with Crippen LogP contribution in [-0.2, 0) is 12.5 Å². The summed E-state index contributed by atoms with van der Waals surface area (Å²) in [7, 11) is 1.89. The van der Waals surface area contributed by atoms with Gasteiger partial charge in [0.05, 0.1) is 5.41 Å². The normalized spacial score (nSPS) is 20.3. The van der Waals surface area contributed by atoms with Gasteiger partial charge in [0.2, 0.25) is 11.7 Å². The molecule has 6 nitrogen and oxygen atoms in total. The minimum atomic E-state index is -0.334. The Morgan fingerprint density at radius 1 is 1.19 bits per heavy atom. The van der Waals surface area contributed by atoms with Gasteiger partial charge in [0, 0.05) is 31.9 Å². The molecule has 134 valence electrons. The number of nitrogens with zero attached hydrogens (tertiary/aromatic N) is 4. The summed E-state index contributed by atoms with van der Waals surface area (Å²) in [5, 5.41) is 4.15. The highest BCUT2D eigenvalue weighted by molar-refractivity contribution is 5.92. The lowest BCUT2D eigenvalue weighted by Gasteiger charge is -2.38. The topological polar surface area (TPSA) is 64.2 Å². The van der Waals surface area contributed by atoms with Gasteiger partial charge in [0.15, 0.2) is 0 Å². The minimum Gasteiger partial charge on any atom is -0.347 e. The van der Waals surface area contributed by atoms with E-state index in [-0.39, 0.29) is 11.3 Å². The number of aryl methyl sites for hydroxylation is 1. The molecular weight excluding hydrogens is 328 g/mol. The van der Waals surface area contributed by atoms with Crippen LogP contribution in [0.2, 0.25) is 0 Å². The van der Waals surface area contributed by atoms with Crippen LogP contribution in [0.3, 0.4) is 0 Å². The quantitative estimate of drug-likeness (QED) is 0.727. The van der Waals surface area contributed by atoms with E-state index in [0.717, 1.165) is 24.9 Å². The molecule has 6 heteroatoms. The second-order valence-corrected chi connectivity index (χ2v) is 7.18. The van der Waals surface area contributed by atoms with Crippen LogP contribution in [0.1, 0.15) is 36.1 Å². The molecule has 0 bridgehead atoms. The van der Waals surface area contributed by atoms with Crippen LogP contribution >= 0.6 is 0 Å². The summed E-state index contributed by atoms with van der Waals surface area (Å²) < 4.78 is 7.46. The molecule has 0 aliphatic carbocycles. The van der Waals surface area contributed by atoms with Crippen LogP contribution in [-0.4, -0.2) is 38.6 Å². The van der Waals surface area contributed by atoms with Crippen molar-refractivity contribution in [3.63, 3.8) is 0 Å². The Bertz CT molecular complexity index is 915. The van der Waals surface area contributed by atoms with Crippen LogP contribution in [0.25, 0.3) is 11.4 Å². The SMILES string of the molecule is Cn1cccc1C(=O)N1CCCC(C)(c2nc(-c3ccccc3)no2)C1. The molecule has 3 aromatic rings. The molecule has 2 aromatic heterocycles. The molecule has 3 heterocycles. The van der Waals surface area contributed by atoms with Gasteiger partial charge in [-0.3, -0.25) is 4.79 Å². The second-order valence-electron chi connectivity index (χ2n) is 7.18. The number of piperidine rings is 1. The van der Waals surface area contributed by atoms with Crippen LogP contribution in [0, 0.1) is 0 Å². The minimum absolute atomic E-state index is 0.0474. The summed E-state index contributed by atoms with van der Waals surface area (Å²) >= 11 is 0. The van der Waals surface area contributed by atoms with Crippen molar-refractivity contribution >= 4 is 5.91 Å². The third-order valence-electron chi connectivity index (χ3n) is 5.12. The molecule has 1 fully saturated rings. The van der Waals surface area contributed by atoms with Gasteiger partial charge in [-0.05, 0) is 31.9 Å². The lowest BCUT2D eigenvalue weighted by molar-refractivity contribution is 0.0610. The summed E-state index contributed by atoms with van der Waals surface area (Å²) in [6.07, 6.45) is 3.72. The van der Waals surface area contributed by atoms with Crippen molar-refractivity contribution in [1.29, 1.82) is 0 Å². The van der Waals surface area contributed by atoms with E-state index in [1.165, 1.54) is 0 Å². The van der Waals surface area contributed by atoms with E-state index in [0.29, 0.717) is 24.0 Å². The zero-order valence-corrected chi connectivity index (χ0v) is 15.1. The summed E-state index contributed by atoms with van der Waals surface area (Å²) in [6, 6.07) is 13.5. The molecular formula is C20H22N4O2. The Labute approximate surface area is 152 Å². The van der Waals surface area contributed by atoms with E-state index in [4.69, 9.17) is 4.52 Å². The molecule has 0 spiro atoms.